The van der Waals surface area contributed by atoms with Crippen molar-refractivity contribution < 1.29 is 9.84 Å². The highest BCUT2D eigenvalue weighted by Gasteiger charge is 2.34. The van der Waals surface area contributed by atoms with E-state index >= 15 is 0 Å². The van der Waals surface area contributed by atoms with Gasteiger partial charge in [0.1, 0.15) is 0 Å². The largest absolute Gasteiger partial charge is 0.386 e. The molecule has 128 valence electrons. The number of ether oxygens (including phenoxy) is 1. The van der Waals surface area contributed by atoms with Crippen LogP contribution < -0.4 is 5.32 Å². The first-order valence-electron chi connectivity index (χ1n) is 8.42. The fourth-order valence-corrected chi connectivity index (χ4v) is 3.10. The molecular weight excluding hydrogens is 302 g/mol. The van der Waals surface area contributed by atoms with Gasteiger partial charge in [-0.2, -0.15) is 0 Å². The summed E-state index contributed by atoms with van der Waals surface area (Å²) in [5.41, 5.74) is 1.15. The van der Waals surface area contributed by atoms with Crippen LogP contribution in [0.15, 0.2) is 42.7 Å². The molecule has 2 heterocycles. The molecule has 24 heavy (non-hydrogen) atoms. The molecule has 1 aliphatic rings. The van der Waals surface area contributed by atoms with Gasteiger partial charge in [0.25, 0.3) is 0 Å². The molecule has 0 radical (unpaired) electrons. The Morgan fingerprint density at radius 3 is 2.33 bits per heavy atom. The Morgan fingerprint density at radius 2 is 1.75 bits per heavy atom. The molecule has 1 aromatic heterocycles. The summed E-state index contributed by atoms with van der Waals surface area (Å²) in [5.74, 6) is 0.588. The van der Waals surface area contributed by atoms with Crippen molar-refractivity contribution in [3.63, 3.8) is 0 Å². The predicted molar refractivity (Wildman–Crippen MR) is 93.9 cm³/mol. The first-order chi connectivity index (χ1) is 11.5. The van der Waals surface area contributed by atoms with Crippen molar-refractivity contribution in [2.24, 2.45) is 0 Å². The van der Waals surface area contributed by atoms with E-state index in [0.717, 1.165) is 32.6 Å². The van der Waals surface area contributed by atoms with Gasteiger partial charge in [-0.05, 0) is 32.3 Å². The number of aromatic nitrogens is 2. The minimum atomic E-state index is -0.926. The van der Waals surface area contributed by atoms with E-state index in [4.69, 9.17) is 4.74 Å². The molecule has 1 fully saturated rings. The summed E-state index contributed by atoms with van der Waals surface area (Å²) in [7, 11) is 0. The van der Waals surface area contributed by atoms with Crippen molar-refractivity contribution >= 4 is 5.95 Å². The van der Waals surface area contributed by atoms with Gasteiger partial charge in [-0.25, -0.2) is 9.97 Å². The zero-order chi connectivity index (χ0) is 17.0. The van der Waals surface area contributed by atoms with Crippen LogP contribution in [0.1, 0.15) is 37.8 Å². The monoisotopic (exact) mass is 327 g/mol. The van der Waals surface area contributed by atoms with Crippen LogP contribution in [0.5, 0.6) is 0 Å². The van der Waals surface area contributed by atoms with Crippen LogP contribution in [0.25, 0.3) is 0 Å². The van der Waals surface area contributed by atoms with Gasteiger partial charge in [-0.1, -0.05) is 30.3 Å². The summed E-state index contributed by atoms with van der Waals surface area (Å²) in [5, 5.41) is 13.4. The van der Waals surface area contributed by atoms with Gasteiger partial charge in [0.2, 0.25) is 5.95 Å². The van der Waals surface area contributed by atoms with Gasteiger partial charge in [-0.3, -0.25) is 0 Å². The zero-order valence-electron chi connectivity index (χ0n) is 14.3. The van der Waals surface area contributed by atoms with Gasteiger partial charge >= 0.3 is 0 Å². The maximum atomic E-state index is 9.99. The molecule has 1 saturated heterocycles. The normalized spacial score (nSPS) is 17.5. The molecule has 5 nitrogen and oxygen atoms in total. The third kappa shape index (κ3) is 3.74. The lowest BCUT2D eigenvalue weighted by molar-refractivity contribution is 0.0543. The van der Waals surface area contributed by atoms with Crippen LogP contribution in [-0.4, -0.2) is 34.8 Å². The lowest BCUT2D eigenvalue weighted by Gasteiger charge is -2.38. The molecule has 2 N–H and O–H groups in total. The van der Waals surface area contributed by atoms with Crippen molar-refractivity contribution in [1.29, 1.82) is 0 Å². The van der Waals surface area contributed by atoms with Crippen molar-refractivity contribution in [3.05, 3.63) is 53.9 Å². The highest BCUT2D eigenvalue weighted by molar-refractivity contribution is 5.32. The Balaban J connectivity index is 1.75. The van der Waals surface area contributed by atoms with E-state index in [0.29, 0.717) is 11.5 Å². The van der Waals surface area contributed by atoms with Gasteiger partial charge in [-0.15, -0.1) is 0 Å². The minimum Gasteiger partial charge on any atom is -0.386 e. The summed E-state index contributed by atoms with van der Waals surface area (Å²) in [6.45, 7) is 5.77. The van der Waals surface area contributed by atoms with Crippen molar-refractivity contribution in [2.75, 3.05) is 25.1 Å². The second-order valence-electron chi connectivity index (χ2n) is 6.97. The Hall–Kier alpha value is -1.98. The maximum Gasteiger partial charge on any atom is 0.222 e. The van der Waals surface area contributed by atoms with Crippen molar-refractivity contribution in [2.45, 2.75) is 37.7 Å². The number of hydrogen-bond donors (Lipinski definition) is 2. The van der Waals surface area contributed by atoms with Crippen molar-refractivity contribution in [1.82, 2.24) is 9.97 Å². The average molecular weight is 327 g/mol. The number of anilines is 1. The third-order valence-electron chi connectivity index (χ3n) is 4.78. The lowest BCUT2D eigenvalue weighted by Crippen LogP contribution is -2.40. The number of hydrogen-bond acceptors (Lipinski definition) is 5. The Kier molecular flexibility index (Phi) is 4.83. The van der Waals surface area contributed by atoms with Crippen LogP contribution in [0, 0.1) is 0 Å². The molecule has 1 aliphatic heterocycles. The molecule has 5 heteroatoms. The first-order valence-corrected chi connectivity index (χ1v) is 8.42. The molecule has 1 aromatic carbocycles. The SMILES string of the molecule is CC(C)(O)c1cnc(NCC2(c3ccccc3)CCOCC2)nc1. The number of aliphatic hydroxyl groups is 1. The van der Waals surface area contributed by atoms with E-state index < -0.39 is 5.60 Å². The molecule has 0 saturated carbocycles. The van der Waals surface area contributed by atoms with E-state index in [9.17, 15) is 5.11 Å². The van der Waals surface area contributed by atoms with Gasteiger partial charge < -0.3 is 15.2 Å². The molecule has 0 aliphatic carbocycles. The Labute approximate surface area is 143 Å². The van der Waals surface area contributed by atoms with Gasteiger partial charge in [0, 0.05) is 43.1 Å². The Morgan fingerprint density at radius 1 is 1.12 bits per heavy atom. The van der Waals surface area contributed by atoms with Gasteiger partial charge in [0.15, 0.2) is 0 Å². The quantitative estimate of drug-likeness (QED) is 0.884. The topological polar surface area (TPSA) is 67.3 Å². The summed E-state index contributed by atoms with van der Waals surface area (Å²) in [6, 6.07) is 10.6. The molecule has 0 amide bonds. The van der Waals surface area contributed by atoms with Crippen LogP contribution in [0.3, 0.4) is 0 Å². The highest BCUT2D eigenvalue weighted by Crippen LogP contribution is 2.34. The summed E-state index contributed by atoms with van der Waals surface area (Å²) >= 11 is 0. The first kappa shape index (κ1) is 16.9. The summed E-state index contributed by atoms with van der Waals surface area (Å²) in [4.78, 5) is 8.68. The van der Waals surface area contributed by atoms with Crippen molar-refractivity contribution in [3.8, 4) is 0 Å². The molecule has 2 aromatic rings. The van der Waals surface area contributed by atoms with Crippen LogP contribution >= 0.6 is 0 Å². The Bertz CT molecular complexity index is 645. The molecule has 0 spiro atoms. The van der Waals surface area contributed by atoms with E-state index in [-0.39, 0.29) is 5.41 Å². The van der Waals surface area contributed by atoms with Crippen LogP contribution in [0.4, 0.5) is 5.95 Å². The van der Waals surface area contributed by atoms with Crippen LogP contribution in [0.2, 0.25) is 0 Å². The molecule has 0 bridgehead atoms. The zero-order valence-corrected chi connectivity index (χ0v) is 14.3. The number of benzene rings is 1. The highest BCUT2D eigenvalue weighted by atomic mass is 16.5. The van der Waals surface area contributed by atoms with E-state index in [1.807, 2.05) is 6.07 Å². The molecule has 0 unspecified atom stereocenters. The number of nitrogens with one attached hydrogen (secondary N) is 1. The predicted octanol–water partition coefficient (Wildman–Crippen LogP) is 2.86. The van der Waals surface area contributed by atoms with Crippen LogP contribution in [-0.2, 0) is 15.8 Å². The van der Waals surface area contributed by atoms with E-state index in [1.165, 1.54) is 5.56 Å². The number of rotatable bonds is 5. The lowest BCUT2D eigenvalue weighted by atomic mass is 9.74. The molecule has 3 rings (SSSR count). The maximum absolute atomic E-state index is 9.99. The second kappa shape index (κ2) is 6.87. The smallest absolute Gasteiger partial charge is 0.222 e. The van der Waals surface area contributed by atoms with Gasteiger partial charge in [0.05, 0.1) is 5.60 Å². The second-order valence-corrected chi connectivity index (χ2v) is 6.97. The fraction of sp³-hybridized carbons (Fsp3) is 0.474. The minimum absolute atomic E-state index is 0.0395. The van der Waals surface area contributed by atoms with E-state index in [2.05, 4.69) is 39.6 Å². The third-order valence-corrected chi connectivity index (χ3v) is 4.78. The fourth-order valence-electron chi connectivity index (χ4n) is 3.10. The molecule has 0 atom stereocenters. The average Bonchev–Trinajstić information content (AvgIpc) is 2.61. The molecular formula is C19H25N3O2. The standard InChI is InChI=1S/C19H25N3O2/c1-18(2,23)16-12-20-17(21-13-16)22-14-19(8-10-24-11-9-19)15-6-4-3-5-7-15/h3-7,12-13,23H,8-11,14H2,1-2H3,(H,20,21,22). The number of nitrogens with zero attached hydrogens (tertiary/aromatic N) is 2. The van der Waals surface area contributed by atoms with E-state index in [1.54, 1.807) is 26.2 Å². The summed E-state index contributed by atoms with van der Waals surface area (Å²) < 4.78 is 5.56. The summed E-state index contributed by atoms with van der Waals surface area (Å²) in [6.07, 6.45) is 5.31.